The minimum Gasteiger partial charge on any atom is -0.393 e. The van der Waals surface area contributed by atoms with Gasteiger partial charge >= 0.3 is 6.03 Å². The third kappa shape index (κ3) is 4.36. The van der Waals surface area contributed by atoms with E-state index in [0.29, 0.717) is 24.0 Å². The molecule has 25 heavy (non-hydrogen) atoms. The van der Waals surface area contributed by atoms with E-state index in [0.717, 1.165) is 37.2 Å². The first-order valence-electron chi connectivity index (χ1n) is 8.75. The number of amides is 2. The highest BCUT2D eigenvalue weighted by atomic mass is 16.3. The summed E-state index contributed by atoms with van der Waals surface area (Å²) in [5, 5.41) is 19.9. The Morgan fingerprint density at radius 3 is 2.84 bits per heavy atom. The fourth-order valence-electron chi connectivity index (χ4n) is 3.36. The van der Waals surface area contributed by atoms with Crippen LogP contribution in [0.3, 0.4) is 0 Å². The van der Waals surface area contributed by atoms with Crippen LogP contribution in [0.5, 0.6) is 0 Å². The molecule has 7 heteroatoms. The van der Waals surface area contributed by atoms with Gasteiger partial charge in [-0.2, -0.15) is 5.10 Å². The predicted octanol–water partition coefficient (Wildman–Crippen LogP) is 2.56. The zero-order chi connectivity index (χ0) is 17.8. The molecule has 0 spiro atoms. The zero-order valence-electron chi connectivity index (χ0n) is 14.7. The van der Waals surface area contributed by atoms with Crippen molar-refractivity contribution in [3.63, 3.8) is 0 Å². The second kappa shape index (κ2) is 7.65. The smallest absolute Gasteiger partial charge is 0.319 e. The van der Waals surface area contributed by atoms with E-state index in [1.54, 1.807) is 4.68 Å². The van der Waals surface area contributed by atoms with Crippen LogP contribution in [0, 0.1) is 19.8 Å². The average molecular weight is 343 g/mol. The zero-order valence-corrected chi connectivity index (χ0v) is 14.7. The van der Waals surface area contributed by atoms with Gasteiger partial charge < -0.3 is 15.7 Å². The number of carbonyl (C=O) groups is 1. The SMILES string of the molecule is Cc1nc(C)n(-c2ccccc2NC(=O)NC[C@H]2CCC[C@H](O)C2)n1. The highest BCUT2D eigenvalue weighted by Gasteiger charge is 2.20. The van der Waals surface area contributed by atoms with Crippen LogP contribution in [-0.4, -0.2) is 38.6 Å². The quantitative estimate of drug-likeness (QED) is 0.795. The lowest BCUT2D eigenvalue weighted by Gasteiger charge is -2.26. The molecule has 0 saturated heterocycles. The van der Waals surface area contributed by atoms with Gasteiger partial charge in [0.15, 0.2) is 0 Å². The van der Waals surface area contributed by atoms with Crippen molar-refractivity contribution in [2.24, 2.45) is 5.92 Å². The molecule has 2 atom stereocenters. The summed E-state index contributed by atoms with van der Waals surface area (Å²) in [4.78, 5) is 16.6. The molecular formula is C18H25N5O2. The minimum atomic E-state index is -0.248. The Bertz CT molecular complexity index is 743. The molecule has 3 N–H and O–H groups in total. The molecule has 7 nitrogen and oxygen atoms in total. The Balaban J connectivity index is 1.65. The molecule has 3 rings (SSSR count). The fourth-order valence-corrected chi connectivity index (χ4v) is 3.36. The molecule has 1 aliphatic carbocycles. The summed E-state index contributed by atoms with van der Waals surface area (Å²) in [5.41, 5.74) is 1.46. The van der Waals surface area contributed by atoms with Crippen molar-refractivity contribution in [2.45, 2.75) is 45.6 Å². The number of nitrogens with zero attached hydrogens (tertiary/aromatic N) is 3. The Morgan fingerprint density at radius 1 is 1.32 bits per heavy atom. The summed E-state index contributed by atoms with van der Waals surface area (Å²) in [6.07, 6.45) is 3.46. The van der Waals surface area contributed by atoms with Gasteiger partial charge in [-0.25, -0.2) is 14.5 Å². The maximum Gasteiger partial charge on any atom is 0.319 e. The monoisotopic (exact) mass is 343 g/mol. The van der Waals surface area contributed by atoms with Crippen molar-refractivity contribution >= 4 is 11.7 Å². The number of para-hydroxylation sites is 2. The molecule has 0 radical (unpaired) electrons. The number of nitrogens with one attached hydrogen (secondary N) is 2. The Morgan fingerprint density at radius 2 is 2.12 bits per heavy atom. The largest absolute Gasteiger partial charge is 0.393 e. The van der Waals surface area contributed by atoms with Crippen LogP contribution in [-0.2, 0) is 0 Å². The molecule has 0 bridgehead atoms. The summed E-state index contributed by atoms with van der Waals surface area (Å²) >= 11 is 0. The summed E-state index contributed by atoms with van der Waals surface area (Å²) in [6, 6.07) is 7.26. The molecular weight excluding hydrogens is 318 g/mol. The minimum absolute atomic E-state index is 0.233. The van der Waals surface area contributed by atoms with Crippen molar-refractivity contribution in [1.29, 1.82) is 0 Å². The van der Waals surface area contributed by atoms with Gasteiger partial charge in [0.1, 0.15) is 11.6 Å². The molecule has 1 saturated carbocycles. The van der Waals surface area contributed by atoms with E-state index in [2.05, 4.69) is 20.7 Å². The Hall–Kier alpha value is -2.41. The van der Waals surface area contributed by atoms with Crippen LogP contribution < -0.4 is 10.6 Å². The number of aryl methyl sites for hydroxylation is 2. The molecule has 2 aromatic rings. The highest BCUT2D eigenvalue weighted by Crippen LogP contribution is 2.24. The molecule has 1 fully saturated rings. The molecule has 134 valence electrons. The van der Waals surface area contributed by atoms with Gasteiger partial charge in [-0.1, -0.05) is 18.6 Å². The van der Waals surface area contributed by atoms with Crippen LogP contribution in [0.2, 0.25) is 0 Å². The summed E-state index contributed by atoms with van der Waals surface area (Å²) in [6.45, 7) is 4.29. The van der Waals surface area contributed by atoms with Crippen LogP contribution in [0.4, 0.5) is 10.5 Å². The fraction of sp³-hybridized carbons (Fsp3) is 0.500. The third-order valence-corrected chi connectivity index (χ3v) is 4.56. The maximum atomic E-state index is 12.3. The van der Waals surface area contributed by atoms with Gasteiger partial charge in [0.2, 0.25) is 0 Å². The lowest BCUT2D eigenvalue weighted by Crippen LogP contribution is -2.35. The topological polar surface area (TPSA) is 92.1 Å². The molecule has 0 aliphatic heterocycles. The van der Waals surface area contributed by atoms with E-state index in [9.17, 15) is 9.90 Å². The van der Waals surface area contributed by atoms with E-state index in [4.69, 9.17) is 0 Å². The number of rotatable bonds is 4. The van der Waals surface area contributed by atoms with E-state index in [1.807, 2.05) is 38.1 Å². The first-order chi connectivity index (χ1) is 12.0. The van der Waals surface area contributed by atoms with Crippen LogP contribution in [0.1, 0.15) is 37.3 Å². The number of urea groups is 1. The number of carbonyl (C=O) groups excluding carboxylic acids is 1. The predicted molar refractivity (Wildman–Crippen MR) is 95.8 cm³/mol. The van der Waals surface area contributed by atoms with Gasteiger partial charge in [-0.15, -0.1) is 0 Å². The van der Waals surface area contributed by atoms with E-state index < -0.39 is 0 Å². The molecule has 1 heterocycles. The van der Waals surface area contributed by atoms with Crippen LogP contribution in [0.15, 0.2) is 24.3 Å². The third-order valence-electron chi connectivity index (χ3n) is 4.56. The van der Waals surface area contributed by atoms with Crippen LogP contribution >= 0.6 is 0 Å². The Kier molecular flexibility index (Phi) is 5.33. The van der Waals surface area contributed by atoms with E-state index >= 15 is 0 Å². The number of aromatic nitrogens is 3. The van der Waals surface area contributed by atoms with Gasteiger partial charge in [0.25, 0.3) is 0 Å². The van der Waals surface area contributed by atoms with Crippen LogP contribution in [0.25, 0.3) is 5.69 Å². The number of hydrogen-bond acceptors (Lipinski definition) is 4. The molecule has 2 amide bonds. The van der Waals surface area contributed by atoms with Crippen molar-refractivity contribution < 1.29 is 9.90 Å². The standard InChI is InChI=1S/C18H25N5O2/c1-12-20-13(2)23(22-12)17-9-4-3-8-16(17)21-18(25)19-11-14-6-5-7-15(24)10-14/h3-4,8-9,14-15,24H,5-7,10-11H2,1-2H3,(H2,19,21,25)/t14-,15-/m0/s1. The van der Waals surface area contributed by atoms with Gasteiger partial charge in [-0.05, 0) is 51.2 Å². The molecule has 0 unspecified atom stereocenters. The van der Waals surface area contributed by atoms with Gasteiger partial charge in [-0.3, -0.25) is 0 Å². The summed E-state index contributed by atoms with van der Waals surface area (Å²) in [5.74, 6) is 1.79. The molecule has 1 aromatic heterocycles. The second-order valence-corrected chi connectivity index (χ2v) is 6.66. The van der Waals surface area contributed by atoms with Crippen molar-refractivity contribution in [2.75, 3.05) is 11.9 Å². The lowest BCUT2D eigenvalue weighted by molar-refractivity contribution is 0.101. The maximum absolute atomic E-state index is 12.3. The normalized spacial score (nSPS) is 20.3. The molecule has 1 aromatic carbocycles. The first kappa shape index (κ1) is 17.4. The number of benzene rings is 1. The molecule has 1 aliphatic rings. The number of anilines is 1. The van der Waals surface area contributed by atoms with E-state index in [1.165, 1.54) is 0 Å². The van der Waals surface area contributed by atoms with Gasteiger partial charge in [0, 0.05) is 6.54 Å². The first-order valence-corrected chi connectivity index (χ1v) is 8.75. The number of aliphatic hydroxyl groups is 1. The summed E-state index contributed by atoms with van der Waals surface area (Å²) < 4.78 is 1.72. The lowest BCUT2D eigenvalue weighted by atomic mass is 9.87. The second-order valence-electron chi connectivity index (χ2n) is 6.66. The van der Waals surface area contributed by atoms with Crippen molar-refractivity contribution in [3.05, 3.63) is 35.9 Å². The van der Waals surface area contributed by atoms with E-state index in [-0.39, 0.29) is 12.1 Å². The number of hydrogen-bond donors (Lipinski definition) is 3. The average Bonchev–Trinajstić information content (AvgIpc) is 2.92. The number of aliphatic hydroxyl groups excluding tert-OH is 1. The van der Waals surface area contributed by atoms with Gasteiger partial charge in [0.05, 0.1) is 17.5 Å². The summed E-state index contributed by atoms with van der Waals surface area (Å²) in [7, 11) is 0. The van der Waals surface area contributed by atoms with Crippen molar-refractivity contribution in [1.82, 2.24) is 20.1 Å². The van der Waals surface area contributed by atoms with Crippen molar-refractivity contribution in [3.8, 4) is 5.69 Å². The Labute approximate surface area is 147 Å². The highest BCUT2D eigenvalue weighted by molar-refractivity contribution is 5.91.